The number of rotatable bonds is 4. The number of likely N-dealkylation sites (tertiary alicyclic amines) is 1. The van der Waals surface area contributed by atoms with Gasteiger partial charge in [-0.15, -0.1) is 0 Å². The first-order valence-electron chi connectivity index (χ1n) is 5.74. The zero-order valence-electron chi connectivity index (χ0n) is 9.87. The minimum absolute atomic E-state index is 0.440. The van der Waals surface area contributed by atoms with Gasteiger partial charge in [0.1, 0.15) is 0 Å². The Morgan fingerprint density at radius 2 is 2.14 bits per heavy atom. The van der Waals surface area contributed by atoms with E-state index in [1.165, 1.54) is 38.9 Å². The van der Waals surface area contributed by atoms with E-state index >= 15 is 0 Å². The highest BCUT2D eigenvalue weighted by atomic mass is 15.2. The number of nitrogens with two attached hydrogens (primary N) is 1. The van der Waals surface area contributed by atoms with Crippen LogP contribution in [0.1, 0.15) is 26.2 Å². The van der Waals surface area contributed by atoms with Crippen molar-refractivity contribution in [2.24, 2.45) is 5.73 Å². The van der Waals surface area contributed by atoms with Crippen LogP contribution in [0.25, 0.3) is 0 Å². The number of hydrogen-bond acceptors (Lipinski definition) is 3. The molecule has 1 fully saturated rings. The van der Waals surface area contributed by atoms with E-state index < -0.39 is 0 Å². The van der Waals surface area contributed by atoms with Crippen LogP contribution in [0, 0.1) is 0 Å². The van der Waals surface area contributed by atoms with Crippen molar-refractivity contribution in [1.29, 1.82) is 0 Å². The monoisotopic (exact) mass is 199 g/mol. The molecule has 84 valence electrons. The molecule has 0 amide bonds. The van der Waals surface area contributed by atoms with E-state index in [0.717, 1.165) is 0 Å². The smallest absolute Gasteiger partial charge is 0.00816 e. The number of piperidine rings is 1. The maximum atomic E-state index is 5.93. The fraction of sp³-hybridized carbons (Fsp3) is 1.00. The maximum absolute atomic E-state index is 5.93. The second kappa shape index (κ2) is 5.69. The molecular weight excluding hydrogens is 174 g/mol. The summed E-state index contributed by atoms with van der Waals surface area (Å²) in [6, 6.07) is 1.12. The van der Waals surface area contributed by atoms with Crippen LogP contribution in [-0.4, -0.2) is 55.6 Å². The lowest BCUT2D eigenvalue weighted by Gasteiger charge is -2.36. The van der Waals surface area contributed by atoms with E-state index in [0.29, 0.717) is 12.1 Å². The molecule has 2 atom stereocenters. The summed E-state index contributed by atoms with van der Waals surface area (Å²) in [5.41, 5.74) is 5.93. The molecule has 14 heavy (non-hydrogen) atoms. The zero-order chi connectivity index (χ0) is 10.6. The van der Waals surface area contributed by atoms with Gasteiger partial charge in [0, 0.05) is 12.1 Å². The maximum Gasteiger partial charge on any atom is 0.00816 e. The van der Waals surface area contributed by atoms with Gasteiger partial charge in [-0.2, -0.15) is 0 Å². The highest BCUT2D eigenvalue weighted by Crippen LogP contribution is 2.15. The second-order valence-corrected chi connectivity index (χ2v) is 4.83. The van der Waals surface area contributed by atoms with Gasteiger partial charge in [0.25, 0.3) is 0 Å². The Kier molecular flexibility index (Phi) is 4.85. The lowest BCUT2D eigenvalue weighted by atomic mass is 9.99. The average molecular weight is 199 g/mol. The van der Waals surface area contributed by atoms with Crippen molar-refractivity contribution < 1.29 is 0 Å². The van der Waals surface area contributed by atoms with Crippen molar-refractivity contribution in [3.05, 3.63) is 0 Å². The zero-order valence-corrected chi connectivity index (χ0v) is 9.87. The first kappa shape index (κ1) is 12.0. The Hall–Kier alpha value is -0.120. The van der Waals surface area contributed by atoms with Gasteiger partial charge in [-0.05, 0) is 59.9 Å². The summed E-state index contributed by atoms with van der Waals surface area (Å²) in [7, 11) is 4.27. The summed E-state index contributed by atoms with van der Waals surface area (Å²) >= 11 is 0. The van der Waals surface area contributed by atoms with Gasteiger partial charge >= 0.3 is 0 Å². The van der Waals surface area contributed by atoms with Crippen LogP contribution in [0.5, 0.6) is 0 Å². The predicted octanol–water partition coefficient (Wildman–Crippen LogP) is 0.750. The molecule has 2 N–H and O–H groups in total. The van der Waals surface area contributed by atoms with Gasteiger partial charge in [0.2, 0.25) is 0 Å². The van der Waals surface area contributed by atoms with Gasteiger partial charge in [0.15, 0.2) is 0 Å². The molecule has 1 saturated heterocycles. The predicted molar refractivity (Wildman–Crippen MR) is 61.4 cm³/mol. The Balaban J connectivity index is 2.17. The quantitative estimate of drug-likeness (QED) is 0.725. The SMILES string of the molecule is CC1CC(N)CCN1CCCN(C)C. The van der Waals surface area contributed by atoms with Crippen LogP contribution < -0.4 is 5.73 Å². The molecule has 1 heterocycles. The molecule has 3 heteroatoms. The summed E-state index contributed by atoms with van der Waals surface area (Å²) in [6.45, 7) is 5.91. The molecule has 0 aromatic heterocycles. The first-order valence-corrected chi connectivity index (χ1v) is 5.74. The standard InChI is InChI=1S/C11H25N3/c1-10-9-11(12)5-8-14(10)7-4-6-13(2)3/h10-11H,4-9,12H2,1-3H3. The molecule has 2 unspecified atom stereocenters. The van der Waals surface area contributed by atoms with Gasteiger partial charge in [-0.3, -0.25) is 0 Å². The van der Waals surface area contributed by atoms with Crippen molar-refractivity contribution in [1.82, 2.24) is 9.80 Å². The topological polar surface area (TPSA) is 32.5 Å². The van der Waals surface area contributed by atoms with Crippen LogP contribution in [0.15, 0.2) is 0 Å². The Bertz CT molecular complexity index is 159. The number of nitrogens with zero attached hydrogens (tertiary/aromatic N) is 2. The summed E-state index contributed by atoms with van der Waals surface area (Å²) in [5.74, 6) is 0. The van der Waals surface area contributed by atoms with Crippen LogP contribution in [0.3, 0.4) is 0 Å². The van der Waals surface area contributed by atoms with Gasteiger partial charge in [-0.25, -0.2) is 0 Å². The van der Waals surface area contributed by atoms with Crippen LogP contribution in [0.4, 0.5) is 0 Å². The van der Waals surface area contributed by atoms with E-state index in [4.69, 9.17) is 5.73 Å². The van der Waals surface area contributed by atoms with Gasteiger partial charge in [0.05, 0.1) is 0 Å². The fourth-order valence-corrected chi connectivity index (χ4v) is 2.18. The van der Waals surface area contributed by atoms with Gasteiger partial charge in [-0.1, -0.05) is 0 Å². The summed E-state index contributed by atoms with van der Waals surface area (Å²) in [4.78, 5) is 4.83. The van der Waals surface area contributed by atoms with Crippen LogP contribution >= 0.6 is 0 Å². The van der Waals surface area contributed by atoms with Crippen molar-refractivity contribution >= 4 is 0 Å². The van der Waals surface area contributed by atoms with Gasteiger partial charge < -0.3 is 15.5 Å². The molecule has 0 spiro atoms. The summed E-state index contributed by atoms with van der Waals surface area (Å²) < 4.78 is 0. The normalized spacial score (nSPS) is 29.8. The minimum Gasteiger partial charge on any atom is -0.328 e. The third-order valence-electron chi connectivity index (χ3n) is 3.10. The van der Waals surface area contributed by atoms with Crippen molar-refractivity contribution in [2.45, 2.75) is 38.3 Å². The Morgan fingerprint density at radius 3 is 2.71 bits per heavy atom. The first-order chi connectivity index (χ1) is 6.59. The highest BCUT2D eigenvalue weighted by molar-refractivity contribution is 4.80. The molecule has 0 aliphatic carbocycles. The average Bonchev–Trinajstić information content (AvgIpc) is 2.08. The third-order valence-corrected chi connectivity index (χ3v) is 3.10. The molecule has 0 radical (unpaired) electrons. The minimum atomic E-state index is 0.440. The van der Waals surface area contributed by atoms with E-state index in [2.05, 4.69) is 30.8 Å². The van der Waals surface area contributed by atoms with E-state index in [9.17, 15) is 0 Å². The summed E-state index contributed by atoms with van der Waals surface area (Å²) in [5, 5.41) is 0. The number of hydrogen-bond donors (Lipinski definition) is 1. The summed E-state index contributed by atoms with van der Waals surface area (Å²) in [6.07, 6.45) is 3.61. The molecule has 3 nitrogen and oxygen atoms in total. The highest BCUT2D eigenvalue weighted by Gasteiger charge is 2.22. The molecule has 0 saturated carbocycles. The van der Waals surface area contributed by atoms with Crippen LogP contribution in [-0.2, 0) is 0 Å². The van der Waals surface area contributed by atoms with E-state index in [-0.39, 0.29) is 0 Å². The van der Waals surface area contributed by atoms with Crippen LogP contribution in [0.2, 0.25) is 0 Å². The molecule has 1 aliphatic heterocycles. The van der Waals surface area contributed by atoms with Crippen molar-refractivity contribution in [3.63, 3.8) is 0 Å². The lowest BCUT2D eigenvalue weighted by Crippen LogP contribution is -2.46. The van der Waals surface area contributed by atoms with E-state index in [1.807, 2.05) is 0 Å². The lowest BCUT2D eigenvalue weighted by molar-refractivity contribution is 0.142. The molecule has 1 aliphatic rings. The van der Waals surface area contributed by atoms with E-state index in [1.54, 1.807) is 0 Å². The molecule has 0 bridgehead atoms. The Morgan fingerprint density at radius 1 is 1.43 bits per heavy atom. The molecule has 1 rings (SSSR count). The Labute approximate surface area is 88.2 Å². The fourth-order valence-electron chi connectivity index (χ4n) is 2.18. The molecular formula is C11H25N3. The van der Waals surface area contributed by atoms with Crippen molar-refractivity contribution in [3.8, 4) is 0 Å². The van der Waals surface area contributed by atoms with Crippen molar-refractivity contribution in [2.75, 3.05) is 33.7 Å². The second-order valence-electron chi connectivity index (χ2n) is 4.83. The largest absolute Gasteiger partial charge is 0.328 e. The molecule has 0 aromatic carbocycles. The third kappa shape index (κ3) is 3.95. The molecule has 0 aromatic rings.